The van der Waals surface area contributed by atoms with Gasteiger partial charge in [0.25, 0.3) is 0 Å². The summed E-state index contributed by atoms with van der Waals surface area (Å²) in [7, 11) is 3.33. The highest BCUT2D eigenvalue weighted by Crippen LogP contribution is 2.26. The number of hydrogen-bond donors (Lipinski definition) is 22. The number of halogens is 1. The fourth-order valence-electron chi connectivity index (χ4n) is 12.1. The molecule has 40 nitrogen and oxygen atoms in total. The number of imidazole rings is 1. The summed E-state index contributed by atoms with van der Waals surface area (Å²) < 4.78 is 16.6. The van der Waals surface area contributed by atoms with Crippen molar-refractivity contribution >= 4 is 144 Å². The van der Waals surface area contributed by atoms with Crippen molar-refractivity contribution in [2.75, 3.05) is 24.6 Å². The molecule has 4 heterocycles. The Labute approximate surface area is 667 Å². The topological polar surface area (TPSA) is 633 Å². The summed E-state index contributed by atoms with van der Waals surface area (Å²) >= 11 is 0. The van der Waals surface area contributed by atoms with Crippen molar-refractivity contribution in [2.45, 2.75) is 185 Å². The second kappa shape index (κ2) is 44.0. The lowest BCUT2D eigenvalue weighted by molar-refractivity contribution is -0.141. The fourth-order valence-corrected chi connectivity index (χ4v) is 14.5. The molecule has 1 aliphatic rings. The Hall–Kier alpha value is -11.9. The summed E-state index contributed by atoms with van der Waals surface area (Å²) in [6.45, 7) is 8.96. The number of aliphatic hydroxyl groups is 1. The van der Waals surface area contributed by atoms with Gasteiger partial charge in [0.15, 0.2) is 5.96 Å². The minimum absolute atomic E-state index is 0.0176. The van der Waals surface area contributed by atoms with Crippen molar-refractivity contribution < 1.29 is 91.3 Å². The highest BCUT2D eigenvalue weighted by atomic mass is 33.1. The summed E-state index contributed by atoms with van der Waals surface area (Å²) in [6, 6.07) is -9.75. The van der Waals surface area contributed by atoms with Crippen molar-refractivity contribution in [3.8, 4) is 0 Å². The smallest absolute Gasteiger partial charge is 0.305 e. The maximum atomic E-state index is 15.2. The Kier molecular flexibility index (Phi) is 35.2. The van der Waals surface area contributed by atoms with Crippen LogP contribution in [-0.2, 0) is 103 Å². The second-order valence-corrected chi connectivity index (χ2v) is 30.6. The van der Waals surface area contributed by atoms with Gasteiger partial charge in [-0.15, -0.1) is 0 Å². The third kappa shape index (κ3) is 28.3. The SMILES string of the molecule is CC[C@H](C)[C@H](NC(C)=O)C(=O)N[C@H]1CSSC[C@@H](C(=O)N[C@H](C(N)=O)[C@@H](C)O)NC(=O)[C@H](CCCNC(=N)N)NC(=O)[C@H](Cc2c[nH]cn2)NC(=O)[C@H](C)NC(=O)CNC(=O)[C@H](Cc2c[nH]c3ccc(F)cc23)NC(=O)[C@H](CC(=O)O)NC(=O)[C@H](CCC(N)=O)NC(=O)[C@H](Cc2cn(C)c3ccccc23)NC(=O)[C@H](C(C)C)NC1=O. The molecule has 14 atom stereocenters. The molecule has 5 aromatic rings. The first-order chi connectivity index (χ1) is 54.3. The van der Waals surface area contributed by atoms with E-state index in [2.05, 4.69) is 89.4 Å². The van der Waals surface area contributed by atoms with Crippen LogP contribution in [0.15, 0.2) is 67.4 Å². The number of nitrogens with zero attached hydrogens (tertiary/aromatic N) is 2. The van der Waals surface area contributed by atoms with Gasteiger partial charge in [0.2, 0.25) is 88.6 Å². The van der Waals surface area contributed by atoms with Crippen molar-refractivity contribution in [3.63, 3.8) is 0 Å². The van der Waals surface area contributed by atoms with Crippen LogP contribution in [0.4, 0.5) is 4.39 Å². The van der Waals surface area contributed by atoms with Crippen LogP contribution in [0.3, 0.4) is 0 Å². The van der Waals surface area contributed by atoms with E-state index in [9.17, 15) is 76.9 Å². The molecule has 0 saturated carbocycles. The Bertz CT molecular complexity index is 4370. The summed E-state index contributed by atoms with van der Waals surface area (Å²) in [6.07, 6.45) is 0.415. The molecule has 626 valence electrons. The number of aromatic amines is 2. The number of primary amides is 2. The van der Waals surface area contributed by atoms with Crippen LogP contribution >= 0.6 is 21.6 Å². The number of carboxylic acids is 1. The first-order valence-electron chi connectivity index (χ1n) is 36.8. The molecular weight excluding hydrogens is 1540 g/mol. The van der Waals surface area contributed by atoms with Gasteiger partial charge in [-0.05, 0) is 80.3 Å². The monoisotopic (exact) mass is 1640 g/mol. The molecule has 0 aliphatic carbocycles. The summed E-state index contributed by atoms with van der Waals surface area (Å²) in [5.41, 5.74) is 18.6. The number of carbonyl (C=O) groups excluding carboxylic acids is 15. The van der Waals surface area contributed by atoms with Gasteiger partial charge in [0, 0.05) is 98.1 Å². The van der Waals surface area contributed by atoms with E-state index < -0.39 is 241 Å². The molecule has 15 amide bonds. The first-order valence-corrected chi connectivity index (χ1v) is 39.3. The standard InChI is InChI=1S/C72H101FN22O18S2/c1-9-34(4)58(84-37(7)97)71(113)92-52-31-115-114-30-51(69(111)94-59(36(6)96)60(75)102)91-63(105)45(14-12-20-79-72(76)77)85-66(108)49(24-41-27-78-32-82-41)87-61(103)35(5)83-55(99)28-81-62(104)47(21-38-26-80-44-17-16-40(73)23-43(38)44)88-67(109)50(25-56(100)101)89-64(106)46(18-19-54(74)98)86-65(107)48(90-70(112)57(33(2)3)93-68(52)110)22-39-29-95(8)53-15-11-10-13-42(39)53/h10-11,13,15-17,23,26-27,29,32-36,45-52,57-59,80,96H,9,12,14,18-22,24-25,28,30-31H2,1-8H3,(H2,74,98)(H2,75,102)(H,78,82)(H,81,104)(H,83,99)(H,84,97)(H,85,108)(H,86,107)(H,87,103)(H,88,109)(H,89,106)(H,90,112)(H,91,105)(H,92,113)(H,93,110)(H,94,111)(H,100,101)(H4,76,77,79)/t34-,35-,36+,45-,46-,47-,48-,49-,50-,51-,52-,57-,58-,59-/m0/s1. The fraction of sp³-hybridized carbons (Fsp3) is 0.500. The summed E-state index contributed by atoms with van der Waals surface area (Å²) in [5, 5.41) is 64.3. The number of carboxylic acid groups (broad SMARTS) is 1. The number of nitrogens with one attached hydrogen (secondary N) is 17. The quantitative estimate of drug-likeness (QED) is 0.0113. The molecule has 115 heavy (non-hydrogen) atoms. The lowest BCUT2D eigenvalue weighted by Gasteiger charge is -2.29. The Morgan fingerprint density at radius 3 is 1.91 bits per heavy atom. The normalized spacial score (nSPS) is 22.5. The van der Waals surface area contributed by atoms with Crippen LogP contribution in [-0.4, -0.2) is 233 Å². The van der Waals surface area contributed by atoms with Gasteiger partial charge in [0.1, 0.15) is 78.3 Å². The number of rotatable bonds is 25. The summed E-state index contributed by atoms with van der Waals surface area (Å²) in [5.74, 6) is -21.2. The Morgan fingerprint density at radius 2 is 1.29 bits per heavy atom. The van der Waals surface area contributed by atoms with Gasteiger partial charge in [0.05, 0.1) is 31.1 Å². The van der Waals surface area contributed by atoms with Crippen molar-refractivity contribution in [1.82, 2.24) is 94.0 Å². The van der Waals surface area contributed by atoms with E-state index in [1.807, 2.05) is 0 Å². The van der Waals surface area contributed by atoms with Crippen LogP contribution < -0.4 is 91.6 Å². The number of para-hydroxylation sites is 1. The first kappa shape index (κ1) is 92.0. The lowest BCUT2D eigenvalue weighted by Crippen LogP contribution is -2.61. The number of benzene rings is 2. The second-order valence-electron chi connectivity index (χ2n) is 28.0. The molecule has 6 rings (SSSR count). The molecule has 1 aliphatic heterocycles. The molecule has 1 fully saturated rings. The molecular formula is C72H101FN22O18S2. The number of aliphatic carboxylic acids is 1. The largest absolute Gasteiger partial charge is 0.481 e. The Balaban J connectivity index is 1.49. The number of aryl methyl sites for hydroxylation is 1. The van der Waals surface area contributed by atoms with Gasteiger partial charge in [-0.25, -0.2) is 9.37 Å². The number of amides is 15. The van der Waals surface area contributed by atoms with Gasteiger partial charge < -0.3 is 116 Å². The Morgan fingerprint density at radius 1 is 0.687 bits per heavy atom. The molecule has 1 saturated heterocycles. The predicted molar refractivity (Wildman–Crippen MR) is 418 cm³/mol. The van der Waals surface area contributed by atoms with Gasteiger partial charge in [-0.3, -0.25) is 82.1 Å². The number of aromatic nitrogens is 4. The molecule has 0 spiro atoms. The van der Waals surface area contributed by atoms with Crippen molar-refractivity contribution in [2.24, 2.45) is 36.1 Å². The maximum Gasteiger partial charge on any atom is 0.305 e. The van der Waals surface area contributed by atoms with Crippen LogP contribution in [0.25, 0.3) is 21.8 Å². The minimum atomic E-state index is -2.12. The number of hydrogen-bond acceptors (Lipinski definition) is 21. The number of guanidine groups is 1. The number of H-pyrrole nitrogens is 2. The lowest BCUT2D eigenvalue weighted by atomic mass is 9.97. The van der Waals surface area contributed by atoms with E-state index in [1.54, 1.807) is 55.9 Å². The zero-order valence-electron chi connectivity index (χ0n) is 64.5. The zero-order valence-corrected chi connectivity index (χ0v) is 66.1. The van der Waals surface area contributed by atoms with E-state index in [4.69, 9.17) is 22.6 Å². The number of nitrogens with two attached hydrogens (primary N) is 3. The zero-order chi connectivity index (χ0) is 85.1. The highest BCUT2D eigenvalue weighted by molar-refractivity contribution is 8.76. The molecule has 0 radical (unpaired) electrons. The maximum absolute atomic E-state index is 15.2. The van der Waals surface area contributed by atoms with E-state index in [-0.39, 0.29) is 48.9 Å². The predicted octanol–water partition coefficient (Wildman–Crippen LogP) is -4.51. The van der Waals surface area contributed by atoms with Gasteiger partial charge >= 0.3 is 5.97 Å². The van der Waals surface area contributed by atoms with Gasteiger partial charge in [-0.2, -0.15) is 0 Å². The molecule has 3 aromatic heterocycles. The van der Waals surface area contributed by atoms with Crippen LogP contribution in [0, 0.1) is 23.1 Å². The van der Waals surface area contributed by atoms with Crippen LogP contribution in [0.2, 0.25) is 0 Å². The average molecular weight is 1650 g/mol. The van der Waals surface area contributed by atoms with Gasteiger partial charge in [-0.1, -0.05) is 73.9 Å². The molecule has 43 heteroatoms. The molecule has 2 aromatic carbocycles. The van der Waals surface area contributed by atoms with E-state index >= 15 is 14.4 Å². The molecule has 25 N–H and O–H groups in total. The third-order valence-electron chi connectivity index (χ3n) is 18.6. The number of fused-ring (bicyclic) bond motifs is 2. The van der Waals surface area contributed by atoms with Crippen molar-refractivity contribution in [1.29, 1.82) is 5.41 Å². The van der Waals surface area contributed by atoms with Crippen molar-refractivity contribution in [3.05, 3.63) is 90.0 Å². The van der Waals surface area contributed by atoms with E-state index in [0.29, 0.717) is 28.4 Å². The van der Waals surface area contributed by atoms with E-state index in [1.165, 1.54) is 52.5 Å². The van der Waals surface area contributed by atoms with Crippen LogP contribution in [0.1, 0.15) is 104 Å². The third-order valence-corrected chi connectivity index (χ3v) is 21.0. The highest BCUT2D eigenvalue weighted by Gasteiger charge is 2.39. The molecule has 0 bridgehead atoms. The van der Waals surface area contributed by atoms with Crippen LogP contribution in [0.5, 0.6) is 0 Å². The minimum Gasteiger partial charge on any atom is -0.481 e. The average Bonchev–Trinajstić information content (AvgIpc) is 1.67. The number of aliphatic hydroxyl groups excluding tert-OH is 1. The van der Waals surface area contributed by atoms with E-state index in [0.717, 1.165) is 40.6 Å². The molecule has 0 unspecified atom stereocenters. The number of carbonyl (C=O) groups is 16. The summed E-state index contributed by atoms with van der Waals surface area (Å²) in [4.78, 5) is 236.